The molecule has 128 valence electrons. The minimum atomic E-state index is -0.0652. The molecule has 0 aromatic heterocycles. The predicted molar refractivity (Wildman–Crippen MR) is 93.6 cm³/mol. The summed E-state index contributed by atoms with van der Waals surface area (Å²) in [5.74, 6) is 0.616. The molecule has 0 atom stereocenters. The fourth-order valence-electron chi connectivity index (χ4n) is 3.16. The molecule has 2 aliphatic rings. The van der Waals surface area contributed by atoms with E-state index < -0.39 is 0 Å². The second kappa shape index (κ2) is 7.16. The molecule has 2 aliphatic heterocycles. The van der Waals surface area contributed by atoms with Crippen LogP contribution in [0.2, 0.25) is 0 Å². The highest BCUT2D eigenvalue weighted by Crippen LogP contribution is 2.18. The van der Waals surface area contributed by atoms with Gasteiger partial charge in [0.1, 0.15) is 6.54 Å². The molecular formula is C19H25N3O2. The van der Waals surface area contributed by atoms with Crippen LogP contribution in [0.1, 0.15) is 43.7 Å². The van der Waals surface area contributed by atoms with Crippen molar-refractivity contribution in [2.24, 2.45) is 11.0 Å². The summed E-state index contributed by atoms with van der Waals surface area (Å²) in [6, 6.07) is 8.13. The van der Waals surface area contributed by atoms with Crippen LogP contribution >= 0.6 is 0 Å². The monoisotopic (exact) mass is 327 g/mol. The first-order valence-corrected chi connectivity index (χ1v) is 8.75. The summed E-state index contributed by atoms with van der Waals surface area (Å²) in [6.45, 7) is 5.89. The molecule has 0 aliphatic carbocycles. The third kappa shape index (κ3) is 3.83. The average molecular weight is 327 g/mol. The fraction of sp³-hybridized carbons (Fsp3) is 0.526. The van der Waals surface area contributed by atoms with Crippen molar-refractivity contribution in [2.45, 2.75) is 39.5 Å². The number of carbonyl (C=O) groups is 2. The van der Waals surface area contributed by atoms with Crippen LogP contribution in [0, 0.1) is 12.8 Å². The topological polar surface area (TPSA) is 53.0 Å². The van der Waals surface area contributed by atoms with Gasteiger partial charge in [-0.25, -0.2) is 5.01 Å². The van der Waals surface area contributed by atoms with Crippen molar-refractivity contribution in [3.05, 3.63) is 35.4 Å². The van der Waals surface area contributed by atoms with E-state index in [4.69, 9.17) is 0 Å². The Hall–Kier alpha value is -2.17. The van der Waals surface area contributed by atoms with E-state index in [1.54, 1.807) is 0 Å². The highest BCUT2D eigenvalue weighted by atomic mass is 16.2. The first-order valence-electron chi connectivity index (χ1n) is 8.75. The third-order valence-electron chi connectivity index (χ3n) is 4.91. The Morgan fingerprint density at radius 2 is 1.83 bits per heavy atom. The summed E-state index contributed by atoms with van der Waals surface area (Å²) in [6.07, 6.45) is 3.12. The molecule has 2 heterocycles. The normalized spacial score (nSPS) is 19.4. The van der Waals surface area contributed by atoms with Gasteiger partial charge in [0.15, 0.2) is 0 Å². The Labute approximate surface area is 143 Å². The zero-order chi connectivity index (χ0) is 17.1. The first kappa shape index (κ1) is 16.7. The molecule has 3 rings (SSSR count). The highest BCUT2D eigenvalue weighted by molar-refractivity contribution is 6.04. The first-order chi connectivity index (χ1) is 11.5. The van der Waals surface area contributed by atoms with Crippen LogP contribution < -0.4 is 0 Å². The number of hydrogen-bond donors (Lipinski definition) is 0. The third-order valence-corrected chi connectivity index (χ3v) is 4.91. The van der Waals surface area contributed by atoms with Gasteiger partial charge in [0.25, 0.3) is 0 Å². The van der Waals surface area contributed by atoms with Crippen molar-refractivity contribution in [1.29, 1.82) is 0 Å². The zero-order valence-electron chi connectivity index (χ0n) is 14.5. The molecule has 24 heavy (non-hydrogen) atoms. The predicted octanol–water partition coefficient (Wildman–Crippen LogP) is 2.58. The molecule has 0 bridgehead atoms. The molecule has 2 amide bonds. The summed E-state index contributed by atoms with van der Waals surface area (Å²) in [5.41, 5.74) is 3.10. The van der Waals surface area contributed by atoms with Crippen LogP contribution in [-0.4, -0.2) is 47.1 Å². The number of rotatable bonds is 3. The Morgan fingerprint density at radius 1 is 1.17 bits per heavy atom. The summed E-state index contributed by atoms with van der Waals surface area (Å²) in [4.78, 5) is 26.5. The van der Waals surface area contributed by atoms with Gasteiger partial charge in [-0.3, -0.25) is 9.59 Å². The summed E-state index contributed by atoms with van der Waals surface area (Å²) >= 11 is 0. The number of hydrazone groups is 1. The standard InChI is InChI=1S/C19H25N3O2/c1-14-3-5-16(6-4-14)17-7-8-18(23)22(20-17)13-19(24)21-11-9-15(2)10-12-21/h3-6,15H,7-13H2,1-2H3. The Kier molecular flexibility index (Phi) is 4.97. The maximum Gasteiger partial charge on any atom is 0.244 e. The molecule has 0 saturated carbocycles. The summed E-state index contributed by atoms with van der Waals surface area (Å²) in [7, 11) is 0. The Bertz CT molecular complexity index is 643. The second-order valence-corrected chi connectivity index (χ2v) is 6.93. The van der Waals surface area contributed by atoms with Gasteiger partial charge in [-0.1, -0.05) is 36.8 Å². The number of aryl methyl sites for hydroxylation is 1. The van der Waals surface area contributed by atoms with E-state index in [2.05, 4.69) is 12.0 Å². The lowest BCUT2D eigenvalue weighted by Crippen LogP contribution is -2.45. The molecule has 5 heteroatoms. The highest BCUT2D eigenvalue weighted by Gasteiger charge is 2.27. The van der Waals surface area contributed by atoms with Gasteiger partial charge in [0, 0.05) is 25.9 Å². The van der Waals surface area contributed by atoms with Crippen molar-refractivity contribution in [1.82, 2.24) is 9.91 Å². The SMILES string of the molecule is Cc1ccc(C2=NN(CC(=O)N3CCC(C)CC3)C(=O)CC2)cc1. The Morgan fingerprint density at radius 3 is 2.50 bits per heavy atom. The van der Waals surface area contributed by atoms with E-state index in [0.717, 1.165) is 37.2 Å². The molecule has 0 spiro atoms. The number of benzene rings is 1. The van der Waals surface area contributed by atoms with Crippen molar-refractivity contribution < 1.29 is 9.59 Å². The lowest BCUT2D eigenvalue weighted by molar-refractivity contribution is -0.141. The average Bonchev–Trinajstić information content (AvgIpc) is 2.58. The van der Waals surface area contributed by atoms with E-state index in [0.29, 0.717) is 18.8 Å². The number of hydrogen-bond acceptors (Lipinski definition) is 3. The van der Waals surface area contributed by atoms with Crippen molar-refractivity contribution in [3.63, 3.8) is 0 Å². The number of amides is 2. The lowest BCUT2D eigenvalue weighted by atomic mass is 9.99. The van der Waals surface area contributed by atoms with Crippen LogP contribution in [0.4, 0.5) is 0 Å². The van der Waals surface area contributed by atoms with E-state index in [1.807, 2.05) is 36.1 Å². The molecule has 0 N–H and O–H groups in total. The largest absolute Gasteiger partial charge is 0.341 e. The molecular weight excluding hydrogens is 302 g/mol. The fourth-order valence-corrected chi connectivity index (χ4v) is 3.16. The van der Waals surface area contributed by atoms with Crippen LogP contribution in [0.25, 0.3) is 0 Å². The van der Waals surface area contributed by atoms with Crippen LogP contribution in [0.5, 0.6) is 0 Å². The number of piperidine rings is 1. The minimum absolute atomic E-state index is 0.00385. The van der Waals surface area contributed by atoms with E-state index in [-0.39, 0.29) is 18.4 Å². The molecule has 0 unspecified atom stereocenters. The van der Waals surface area contributed by atoms with Crippen LogP contribution in [0.3, 0.4) is 0 Å². The molecule has 5 nitrogen and oxygen atoms in total. The van der Waals surface area contributed by atoms with E-state index in [9.17, 15) is 9.59 Å². The molecule has 1 saturated heterocycles. The number of carbonyl (C=O) groups excluding carboxylic acids is 2. The maximum atomic E-state index is 12.5. The van der Waals surface area contributed by atoms with Gasteiger partial charge in [0.05, 0.1) is 5.71 Å². The quantitative estimate of drug-likeness (QED) is 0.857. The van der Waals surface area contributed by atoms with Gasteiger partial charge in [-0.05, 0) is 31.2 Å². The lowest BCUT2D eigenvalue weighted by Gasteiger charge is -2.32. The van der Waals surface area contributed by atoms with Crippen LogP contribution in [-0.2, 0) is 9.59 Å². The molecule has 0 radical (unpaired) electrons. The van der Waals surface area contributed by atoms with Gasteiger partial charge in [0.2, 0.25) is 11.8 Å². The summed E-state index contributed by atoms with van der Waals surface area (Å²) < 4.78 is 0. The van der Waals surface area contributed by atoms with Crippen molar-refractivity contribution in [2.75, 3.05) is 19.6 Å². The number of likely N-dealkylation sites (tertiary alicyclic amines) is 1. The van der Waals surface area contributed by atoms with Gasteiger partial charge in [-0.15, -0.1) is 0 Å². The minimum Gasteiger partial charge on any atom is -0.341 e. The molecule has 1 aromatic carbocycles. The Balaban J connectivity index is 1.69. The second-order valence-electron chi connectivity index (χ2n) is 6.93. The smallest absolute Gasteiger partial charge is 0.244 e. The van der Waals surface area contributed by atoms with E-state index >= 15 is 0 Å². The van der Waals surface area contributed by atoms with Crippen molar-refractivity contribution >= 4 is 17.5 Å². The van der Waals surface area contributed by atoms with Gasteiger partial charge < -0.3 is 4.90 Å². The van der Waals surface area contributed by atoms with Gasteiger partial charge in [-0.2, -0.15) is 5.10 Å². The summed E-state index contributed by atoms with van der Waals surface area (Å²) in [5, 5.41) is 5.83. The zero-order valence-corrected chi connectivity index (χ0v) is 14.5. The maximum absolute atomic E-state index is 12.5. The molecule has 1 aromatic rings. The van der Waals surface area contributed by atoms with E-state index in [1.165, 1.54) is 10.6 Å². The van der Waals surface area contributed by atoms with Crippen molar-refractivity contribution in [3.8, 4) is 0 Å². The number of nitrogens with zero attached hydrogens (tertiary/aromatic N) is 3. The van der Waals surface area contributed by atoms with Gasteiger partial charge >= 0.3 is 0 Å². The van der Waals surface area contributed by atoms with Crippen LogP contribution in [0.15, 0.2) is 29.4 Å². The molecule has 1 fully saturated rings.